The molecule has 2 saturated carbocycles. The van der Waals surface area contributed by atoms with Gasteiger partial charge in [-0.15, -0.1) is 10.2 Å². The molecule has 2 fully saturated rings. The van der Waals surface area contributed by atoms with Crippen LogP contribution < -0.4 is 5.32 Å². The van der Waals surface area contributed by atoms with Crippen molar-refractivity contribution in [1.29, 1.82) is 0 Å². The zero-order valence-electron chi connectivity index (χ0n) is 26.4. The van der Waals surface area contributed by atoms with Gasteiger partial charge in [-0.05, 0) is 104 Å². The van der Waals surface area contributed by atoms with Crippen LogP contribution >= 0.6 is 23.2 Å². The fourth-order valence-corrected chi connectivity index (χ4v) is 7.52. The van der Waals surface area contributed by atoms with Crippen LogP contribution in [0.1, 0.15) is 112 Å². The Kier molecular flexibility index (Phi) is 8.54. The molecule has 2 aromatic carbocycles. The number of hydrogen-bond acceptors (Lipinski definition) is 6. The molecule has 3 aliphatic rings. The van der Waals surface area contributed by atoms with Gasteiger partial charge in [-0.2, -0.15) is 5.21 Å². The van der Waals surface area contributed by atoms with Crippen LogP contribution in [0.15, 0.2) is 47.5 Å². The van der Waals surface area contributed by atoms with Crippen LogP contribution in [-0.2, 0) is 11.3 Å². The summed E-state index contributed by atoms with van der Waals surface area (Å²) < 4.78 is 0. The van der Waals surface area contributed by atoms with Gasteiger partial charge in [0.05, 0.1) is 12.6 Å². The maximum Gasteiger partial charge on any atom is 0.275 e. The van der Waals surface area contributed by atoms with Crippen LogP contribution in [-0.4, -0.2) is 48.7 Å². The predicted octanol–water partition coefficient (Wildman–Crippen LogP) is 7.32. The Morgan fingerprint density at radius 2 is 1.73 bits per heavy atom. The number of halogens is 2. The smallest absolute Gasteiger partial charge is 0.275 e. The summed E-state index contributed by atoms with van der Waals surface area (Å²) in [6.07, 6.45) is 7.80. The highest BCUT2D eigenvalue weighted by molar-refractivity contribution is 6.47. The quantitative estimate of drug-likeness (QED) is 0.252. The molecule has 3 aromatic rings. The second-order valence-corrected chi connectivity index (χ2v) is 15.3. The van der Waals surface area contributed by atoms with Crippen LogP contribution in [0.4, 0.5) is 0 Å². The molecule has 238 valence electrons. The van der Waals surface area contributed by atoms with Crippen LogP contribution in [0.2, 0.25) is 10.0 Å². The van der Waals surface area contributed by atoms with E-state index < -0.39 is 5.66 Å². The molecule has 0 saturated heterocycles. The van der Waals surface area contributed by atoms with E-state index in [1.165, 1.54) is 12.8 Å². The minimum Gasteiger partial charge on any atom is -0.345 e. The Morgan fingerprint density at radius 1 is 1.07 bits per heavy atom. The lowest BCUT2D eigenvalue weighted by atomic mass is 9.69. The molecule has 0 unspecified atom stereocenters. The summed E-state index contributed by atoms with van der Waals surface area (Å²) in [7, 11) is 0. The molecule has 0 radical (unpaired) electrons. The summed E-state index contributed by atoms with van der Waals surface area (Å²) in [5.74, 6) is 0.639. The Morgan fingerprint density at radius 3 is 2.31 bits per heavy atom. The van der Waals surface area contributed by atoms with Crippen molar-refractivity contribution in [2.45, 2.75) is 97.3 Å². The lowest BCUT2D eigenvalue weighted by Crippen LogP contribution is -2.51. The van der Waals surface area contributed by atoms with Gasteiger partial charge in [-0.1, -0.05) is 68.2 Å². The zero-order chi connectivity index (χ0) is 32.0. The molecular formula is C34H41Cl2N7O2. The zero-order valence-corrected chi connectivity index (χ0v) is 27.9. The van der Waals surface area contributed by atoms with Crippen molar-refractivity contribution < 1.29 is 9.59 Å². The molecule has 2 heterocycles. The standard InChI is InChI=1S/C34H41Cl2N7O2/c1-32(2,3)24-9-13-34(14-10-24)38-29(23-17-25(35)19-26(36)18-23)31(45)43(34)27(11-12-33(4)15-16-33)21-5-7-22(8-6-21)30(44)37-20-28-39-41-42-40-28/h5-8,17-19,24,27H,9-16,20H2,1-4H3,(H,37,44)(H,39,40,41,42)/t24?,27-,34?/m1/s1. The Bertz CT molecular complexity index is 1570. The topological polar surface area (TPSA) is 116 Å². The third-order valence-corrected chi connectivity index (χ3v) is 10.6. The minimum atomic E-state index is -0.654. The first-order valence-corrected chi connectivity index (χ1v) is 16.6. The third kappa shape index (κ3) is 6.80. The first kappa shape index (κ1) is 31.7. The second-order valence-electron chi connectivity index (χ2n) is 14.4. The highest BCUT2D eigenvalue weighted by Crippen LogP contribution is 2.53. The third-order valence-electron chi connectivity index (χ3n) is 10.1. The average molecular weight is 651 g/mol. The van der Waals surface area contributed by atoms with Crippen LogP contribution in [0.3, 0.4) is 0 Å². The molecule has 45 heavy (non-hydrogen) atoms. The van der Waals surface area contributed by atoms with E-state index in [-0.39, 0.29) is 29.8 Å². The van der Waals surface area contributed by atoms with E-state index in [1.54, 1.807) is 18.2 Å². The molecule has 2 aliphatic carbocycles. The average Bonchev–Trinajstić information content (AvgIpc) is 3.38. The number of tetrazole rings is 1. The first-order chi connectivity index (χ1) is 21.4. The number of aromatic amines is 1. The van der Waals surface area contributed by atoms with E-state index in [9.17, 15) is 9.59 Å². The van der Waals surface area contributed by atoms with Gasteiger partial charge in [0.1, 0.15) is 11.4 Å². The molecule has 1 atom stereocenters. The van der Waals surface area contributed by atoms with E-state index in [1.807, 2.05) is 24.3 Å². The number of carbonyl (C=O) groups excluding carboxylic acids is 2. The molecule has 11 heteroatoms. The van der Waals surface area contributed by atoms with Crippen molar-refractivity contribution in [3.63, 3.8) is 0 Å². The van der Waals surface area contributed by atoms with Gasteiger partial charge in [-0.3, -0.25) is 14.6 Å². The lowest BCUT2D eigenvalue weighted by Gasteiger charge is -2.47. The van der Waals surface area contributed by atoms with E-state index in [2.05, 4.69) is 58.5 Å². The number of aromatic nitrogens is 4. The summed E-state index contributed by atoms with van der Waals surface area (Å²) in [4.78, 5) is 34.9. The fraction of sp³-hybridized carbons (Fsp3) is 0.529. The van der Waals surface area contributed by atoms with E-state index in [0.29, 0.717) is 44.0 Å². The molecule has 6 rings (SSSR count). The van der Waals surface area contributed by atoms with Gasteiger partial charge >= 0.3 is 0 Å². The highest BCUT2D eigenvalue weighted by Gasteiger charge is 2.53. The van der Waals surface area contributed by atoms with Crippen molar-refractivity contribution in [3.8, 4) is 0 Å². The highest BCUT2D eigenvalue weighted by atomic mass is 35.5. The molecule has 1 aliphatic heterocycles. The lowest BCUT2D eigenvalue weighted by molar-refractivity contribution is -0.134. The van der Waals surface area contributed by atoms with Crippen molar-refractivity contribution in [1.82, 2.24) is 30.8 Å². The molecule has 0 bridgehead atoms. The predicted molar refractivity (Wildman–Crippen MR) is 175 cm³/mol. The van der Waals surface area contributed by atoms with Crippen LogP contribution in [0, 0.1) is 16.7 Å². The second kappa shape index (κ2) is 12.1. The molecule has 1 spiro atoms. The van der Waals surface area contributed by atoms with Gasteiger partial charge in [0.25, 0.3) is 11.8 Å². The minimum absolute atomic E-state index is 0.0876. The van der Waals surface area contributed by atoms with E-state index >= 15 is 0 Å². The normalized spacial score (nSPS) is 23.2. The monoisotopic (exact) mass is 649 g/mol. The van der Waals surface area contributed by atoms with Gasteiger partial charge in [0.15, 0.2) is 5.82 Å². The Balaban J connectivity index is 1.34. The molecule has 9 nitrogen and oxygen atoms in total. The van der Waals surface area contributed by atoms with Crippen molar-refractivity contribution in [3.05, 3.63) is 75.0 Å². The van der Waals surface area contributed by atoms with Crippen LogP contribution in [0.25, 0.3) is 0 Å². The maximum atomic E-state index is 14.6. The number of carbonyl (C=O) groups is 2. The molecule has 2 amide bonds. The van der Waals surface area contributed by atoms with Gasteiger partial charge in [0.2, 0.25) is 0 Å². The fourth-order valence-electron chi connectivity index (χ4n) is 6.99. The van der Waals surface area contributed by atoms with Crippen LogP contribution in [0.5, 0.6) is 0 Å². The summed E-state index contributed by atoms with van der Waals surface area (Å²) >= 11 is 12.8. The number of H-pyrrole nitrogens is 1. The molecule has 1 aromatic heterocycles. The number of amides is 2. The maximum absolute atomic E-state index is 14.6. The number of benzene rings is 2. The number of hydrogen-bond donors (Lipinski definition) is 2. The van der Waals surface area contributed by atoms with Gasteiger partial charge in [0, 0.05) is 21.2 Å². The SMILES string of the molecule is CC1(CC[C@H](c2ccc(C(=O)NCc3nn[nH]n3)cc2)N2C(=O)C(c3cc(Cl)cc(Cl)c3)=NC23CCC(C(C)(C)C)CC3)CC1. The summed E-state index contributed by atoms with van der Waals surface area (Å²) in [6, 6.07) is 12.7. The van der Waals surface area contributed by atoms with E-state index in [0.717, 1.165) is 44.1 Å². The van der Waals surface area contributed by atoms with E-state index in [4.69, 9.17) is 28.2 Å². The van der Waals surface area contributed by atoms with Gasteiger partial charge in [-0.25, -0.2) is 0 Å². The molecule has 2 N–H and O–H groups in total. The largest absolute Gasteiger partial charge is 0.345 e. The first-order valence-electron chi connectivity index (χ1n) is 15.9. The summed E-state index contributed by atoms with van der Waals surface area (Å²) in [5, 5.41) is 17.5. The Hall–Kier alpha value is -3.30. The summed E-state index contributed by atoms with van der Waals surface area (Å²) in [6.45, 7) is 9.40. The molecular weight excluding hydrogens is 609 g/mol. The Labute approximate surface area is 274 Å². The number of rotatable bonds is 9. The van der Waals surface area contributed by atoms with Gasteiger partial charge < -0.3 is 10.2 Å². The van der Waals surface area contributed by atoms with Crippen molar-refractivity contribution in [2.75, 3.05) is 0 Å². The number of nitrogens with one attached hydrogen (secondary N) is 2. The van der Waals surface area contributed by atoms with Crippen molar-refractivity contribution in [2.24, 2.45) is 21.7 Å². The van der Waals surface area contributed by atoms with Crippen molar-refractivity contribution >= 4 is 40.7 Å². The summed E-state index contributed by atoms with van der Waals surface area (Å²) in [5.41, 5.74) is 2.43. The number of aliphatic imine (C=N–C) groups is 1. The number of nitrogens with zero attached hydrogens (tertiary/aromatic N) is 5.